The highest BCUT2D eigenvalue weighted by Gasteiger charge is 2.35. The molecule has 0 radical (unpaired) electrons. The number of alkyl halides is 3. The molecule has 118 valence electrons. The predicted molar refractivity (Wildman–Crippen MR) is 77.2 cm³/mol. The van der Waals surface area contributed by atoms with Crippen molar-refractivity contribution in [3.05, 3.63) is 53.1 Å². The molecule has 2 aromatic carbocycles. The Hall–Kier alpha value is -2.02. The van der Waals surface area contributed by atoms with E-state index in [1.54, 1.807) is 19.1 Å². The van der Waals surface area contributed by atoms with Crippen LogP contribution in [0.15, 0.2) is 46.2 Å². The highest BCUT2D eigenvalue weighted by Crippen LogP contribution is 2.37. The highest BCUT2D eigenvalue weighted by atomic mass is 32.2. The lowest BCUT2D eigenvalue weighted by Gasteiger charge is -2.15. The van der Waals surface area contributed by atoms with Crippen LogP contribution in [0.3, 0.4) is 0 Å². The summed E-state index contributed by atoms with van der Waals surface area (Å²) in [4.78, 5) is -0.403. The lowest BCUT2D eigenvalue weighted by molar-refractivity contribution is -0.137. The van der Waals surface area contributed by atoms with Gasteiger partial charge in [0.05, 0.1) is 15.4 Å². The Balaban J connectivity index is 2.75. The second kappa shape index (κ2) is 5.31. The van der Waals surface area contributed by atoms with E-state index in [1.165, 1.54) is 19.1 Å². The SMILES string of the molecule is Cc1ccccc1S(=O)(=O)c1cc(C(F)(F)F)c(N)cc1C. The summed E-state index contributed by atoms with van der Waals surface area (Å²) < 4.78 is 64.2. The third-order valence-electron chi connectivity index (χ3n) is 3.33. The van der Waals surface area contributed by atoms with Crippen molar-refractivity contribution >= 4 is 15.5 Å². The van der Waals surface area contributed by atoms with Crippen molar-refractivity contribution in [3.63, 3.8) is 0 Å². The van der Waals surface area contributed by atoms with E-state index >= 15 is 0 Å². The van der Waals surface area contributed by atoms with Crippen molar-refractivity contribution in [1.29, 1.82) is 0 Å². The van der Waals surface area contributed by atoms with Crippen molar-refractivity contribution in [2.45, 2.75) is 29.8 Å². The van der Waals surface area contributed by atoms with Gasteiger partial charge in [-0.25, -0.2) is 8.42 Å². The second-order valence-electron chi connectivity index (χ2n) is 4.97. The largest absolute Gasteiger partial charge is 0.418 e. The van der Waals surface area contributed by atoms with Crippen LogP contribution >= 0.6 is 0 Å². The van der Waals surface area contributed by atoms with E-state index in [9.17, 15) is 21.6 Å². The Morgan fingerprint density at radius 1 is 0.955 bits per heavy atom. The summed E-state index contributed by atoms with van der Waals surface area (Å²) in [5.74, 6) is 0. The molecule has 0 fully saturated rings. The van der Waals surface area contributed by atoms with Crippen molar-refractivity contribution in [3.8, 4) is 0 Å². The zero-order chi connectivity index (χ0) is 16.7. The fraction of sp³-hybridized carbons (Fsp3) is 0.200. The van der Waals surface area contributed by atoms with Crippen LogP contribution in [0.1, 0.15) is 16.7 Å². The van der Waals surface area contributed by atoms with Gasteiger partial charge in [0.15, 0.2) is 0 Å². The molecule has 0 aromatic heterocycles. The van der Waals surface area contributed by atoms with E-state index in [0.717, 1.165) is 6.07 Å². The lowest BCUT2D eigenvalue weighted by atomic mass is 10.1. The van der Waals surface area contributed by atoms with Crippen LogP contribution in [0.4, 0.5) is 18.9 Å². The van der Waals surface area contributed by atoms with Crippen LogP contribution in [0.25, 0.3) is 0 Å². The molecule has 2 N–H and O–H groups in total. The molecule has 0 spiro atoms. The number of halogens is 3. The molecular formula is C15H14F3NO2S. The van der Waals surface area contributed by atoms with Gasteiger partial charge < -0.3 is 5.73 Å². The summed E-state index contributed by atoms with van der Waals surface area (Å²) in [6.07, 6.45) is -4.71. The Kier molecular flexibility index (Phi) is 3.95. The number of benzene rings is 2. The van der Waals surface area contributed by atoms with E-state index in [0.29, 0.717) is 11.6 Å². The third-order valence-corrected chi connectivity index (χ3v) is 5.38. The first kappa shape index (κ1) is 16.4. The zero-order valence-corrected chi connectivity index (χ0v) is 12.7. The monoisotopic (exact) mass is 329 g/mol. The summed E-state index contributed by atoms with van der Waals surface area (Å²) in [5, 5.41) is 0. The number of sulfone groups is 1. The van der Waals surface area contributed by atoms with Crippen LogP contribution in [0, 0.1) is 13.8 Å². The molecule has 0 aliphatic heterocycles. The number of aryl methyl sites for hydroxylation is 2. The van der Waals surface area contributed by atoms with Crippen molar-refractivity contribution in [1.82, 2.24) is 0 Å². The zero-order valence-electron chi connectivity index (χ0n) is 11.9. The second-order valence-corrected chi connectivity index (χ2v) is 6.86. The van der Waals surface area contributed by atoms with E-state index < -0.39 is 27.3 Å². The molecule has 0 atom stereocenters. The van der Waals surface area contributed by atoms with E-state index in [4.69, 9.17) is 5.73 Å². The van der Waals surface area contributed by atoms with E-state index in [-0.39, 0.29) is 15.4 Å². The maximum atomic E-state index is 13.0. The van der Waals surface area contributed by atoms with Gasteiger partial charge in [-0.1, -0.05) is 18.2 Å². The molecule has 0 saturated heterocycles. The lowest BCUT2D eigenvalue weighted by Crippen LogP contribution is -2.13. The third kappa shape index (κ3) is 2.81. The Bertz CT molecular complexity index is 827. The minimum Gasteiger partial charge on any atom is -0.398 e. The molecule has 7 heteroatoms. The average molecular weight is 329 g/mol. The van der Waals surface area contributed by atoms with Gasteiger partial charge >= 0.3 is 6.18 Å². The molecule has 0 unspecified atom stereocenters. The van der Waals surface area contributed by atoms with Crippen LogP contribution < -0.4 is 5.73 Å². The summed E-state index contributed by atoms with van der Waals surface area (Å²) in [5.41, 5.74) is 4.37. The molecule has 3 nitrogen and oxygen atoms in total. The molecular weight excluding hydrogens is 315 g/mol. The molecule has 0 amide bonds. The van der Waals surface area contributed by atoms with Gasteiger partial charge in [-0.15, -0.1) is 0 Å². The molecule has 22 heavy (non-hydrogen) atoms. The number of hydrogen-bond acceptors (Lipinski definition) is 3. The summed E-state index contributed by atoms with van der Waals surface area (Å²) >= 11 is 0. The summed E-state index contributed by atoms with van der Waals surface area (Å²) in [6.45, 7) is 3.01. The van der Waals surface area contributed by atoms with Gasteiger partial charge in [0, 0.05) is 5.69 Å². The van der Waals surface area contributed by atoms with Gasteiger partial charge in [-0.3, -0.25) is 0 Å². The smallest absolute Gasteiger partial charge is 0.398 e. The maximum absolute atomic E-state index is 13.0. The molecule has 0 saturated carbocycles. The highest BCUT2D eigenvalue weighted by molar-refractivity contribution is 7.91. The molecule has 0 aliphatic carbocycles. The quantitative estimate of drug-likeness (QED) is 0.854. The number of anilines is 1. The van der Waals surface area contributed by atoms with Crippen LogP contribution in [0.5, 0.6) is 0 Å². The first-order valence-electron chi connectivity index (χ1n) is 6.33. The molecule has 2 rings (SSSR count). The average Bonchev–Trinajstić information content (AvgIpc) is 2.36. The van der Waals surface area contributed by atoms with Gasteiger partial charge in [0.25, 0.3) is 0 Å². The normalized spacial score (nSPS) is 12.4. The Morgan fingerprint density at radius 2 is 1.55 bits per heavy atom. The number of rotatable bonds is 2. The molecule has 2 aromatic rings. The Morgan fingerprint density at radius 3 is 2.09 bits per heavy atom. The van der Waals surface area contributed by atoms with Gasteiger partial charge in [-0.2, -0.15) is 13.2 Å². The maximum Gasteiger partial charge on any atom is 0.418 e. The van der Waals surface area contributed by atoms with Crippen molar-refractivity contribution in [2.75, 3.05) is 5.73 Å². The van der Waals surface area contributed by atoms with E-state index in [1.807, 2.05) is 0 Å². The van der Waals surface area contributed by atoms with Gasteiger partial charge in [0.1, 0.15) is 0 Å². The summed E-state index contributed by atoms with van der Waals surface area (Å²) in [6, 6.07) is 7.78. The molecule has 0 bridgehead atoms. The first-order chi connectivity index (χ1) is 10.0. The van der Waals surface area contributed by atoms with Crippen LogP contribution in [-0.4, -0.2) is 8.42 Å². The van der Waals surface area contributed by atoms with Crippen LogP contribution in [0.2, 0.25) is 0 Å². The Labute approximate surface area is 126 Å². The standard InChI is InChI=1S/C15H14F3NO2S/c1-9-5-3-4-6-13(9)22(20,21)14-8-11(15(16,17)18)12(19)7-10(14)2/h3-8H,19H2,1-2H3. The number of nitrogens with two attached hydrogens (primary N) is 1. The summed E-state index contributed by atoms with van der Waals surface area (Å²) in [7, 11) is -4.06. The minimum absolute atomic E-state index is 0.0176. The fourth-order valence-corrected chi connectivity index (χ4v) is 3.96. The van der Waals surface area contributed by atoms with E-state index in [2.05, 4.69) is 0 Å². The topological polar surface area (TPSA) is 60.2 Å². The minimum atomic E-state index is -4.71. The van der Waals surface area contributed by atoms with Gasteiger partial charge in [-0.05, 0) is 43.2 Å². The molecule has 0 heterocycles. The fourth-order valence-electron chi connectivity index (χ4n) is 2.22. The van der Waals surface area contributed by atoms with Crippen molar-refractivity contribution < 1.29 is 21.6 Å². The predicted octanol–water partition coefficient (Wildman–Crippen LogP) is 3.74. The van der Waals surface area contributed by atoms with Crippen molar-refractivity contribution in [2.24, 2.45) is 0 Å². The first-order valence-corrected chi connectivity index (χ1v) is 7.81. The van der Waals surface area contributed by atoms with Gasteiger partial charge in [0.2, 0.25) is 9.84 Å². The molecule has 0 aliphatic rings. The number of hydrogen-bond donors (Lipinski definition) is 1. The van der Waals surface area contributed by atoms with Crippen LogP contribution in [-0.2, 0) is 16.0 Å². The number of nitrogen functional groups attached to an aromatic ring is 1.